The number of methoxy groups -OCH3 is 1. The second-order valence-corrected chi connectivity index (χ2v) is 14.5. The van der Waals surface area contributed by atoms with Crippen molar-refractivity contribution in [2.24, 2.45) is 17.8 Å². The average Bonchev–Trinajstić information content (AvgIpc) is 3.62. The molecule has 1 saturated carbocycles. The third-order valence-electron chi connectivity index (χ3n) is 9.41. The maximum absolute atomic E-state index is 15.0. The molecule has 9 nitrogen and oxygen atoms in total. The number of esters is 1. The Morgan fingerprint density at radius 1 is 1.00 bits per heavy atom. The maximum atomic E-state index is 15.0. The van der Waals surface area contributed by atoms with E-state index in [0.717, 1.165) is 43.2 Å². The fourth-order valence-corrected chi connectivity index (χ4v) is 7.02. The molecule has 0 radical (unpaired) electrons. The van der Waals surface area contributed by atoms with Crippen LogP contribution < -0.4 is 10.1 Å². The monoisotopic (exact) mass is 629 g/mol. The van der Waals surface area contributed by atoms with Crippen molar-refractivity contribution >= 4 is 33.8 Å². The molecule has 2 aromatic heterocycles. The Balaban J connectivity index is 1.26. The van der Waals surface area contributed by atoms with Crippen LogP contribution >= 0.6 is 0 Å². The molecule has 2 aromatic carbocycles. The van der Waals surface area contributed by atoms with Gasteiger partial charge in [-0.15, -0.1) is 0 Å². The van der Waals surface area contributed by atoms with Crippen molar-refractivity contribution in [3.8, 4) is 17.3 Å². The Kier molecular flexibility index (Phi) is 8.03. The number of carbonyl (C=O) groups excluding carboxylic acids is 2. The van der Waals surface area contributed by atoms with E-state index in [1.807, 2.05) is 26.8 Å². The molecule has 7 rings (SSSR count). The summed E-state index contributed by atoms with van der Waals surface area (Å²) in [6.45, 7) is 9.30. The van der Waals surface area contributed by atoms with E-state index in [4.69, 9.17) is 14.5 Å². The second-order valence-electron chi connectivity index (χ2n) is 14.5. The number of rotatable bonds is 9. The van der Waals surface area contributed by atoms with E-state index in [-0.39, 0.29) is 43.7 Å². The summed E-state index contributed by atoms with van der Waals surface area (Å²) < 4.78 is 31.1. The first-order chi connectivity index (χ1) is 22.1. The van der Waals surface area contributed by atoms with Gasteiger partial charge in [0.25, 0.3) is 5.91 Å². The van der Waals surface area contributed by atoms with Crippen molar-refractivity contribution in [2.45, 2.75) is 71.3 Å². The Labute approximate surface area is 269 Å². The molecule has 4 aromatic rings. The number of nitrogens with zero attached hydrogens (tertiary/aromatic N) is 4. The van der Waals surface area contributed by atoms with Crippen molar-refractivity contribution in [1.82, 2.24) is 24.3 Å². The number of para-hydroxylation sites is 1. The molecule has 244 valence electrons. The zero-order valence-corrected chi connectivity index (χ0v) is 27.2. The predicted octanol–water partition coefficient (Wildman–Crippen LogP) is 5.83. The van der Waals surface area contributed by atoms with Gasteiger partial charge in [0.1, 0.15) is 23.0 Å². The minimum Gasteiger partial charge on any atom is -0.494 e. The second kappa shape index (κ2) is 12.0. The van der Waals surface area contributed by atoms with Crippen LogP contribution in [0.2, 0.25) is 0 Å². The van der Waals surface area contributed by atoms with Gasteiger partial charge < -0.3 is 28.8 Å². The van der Waals surface area contributed by atoms with Crippen molar-refractivity contribution in [1.29, 1.82) is 0 Å². The molecule has 46 heavy (non-hydrogen) atoms. The molecule has 1 N–H and O–H groups in total. The largest absolute Gasteiger partial charge is 0.494 e. The van der Waals surface area contributed by atoms with Gasteiger partial charge >= 0.3 is 5.97 Å². The number of likely N-dealkylation sites (tertiary alicyclic amines) is 1. The Bertz CT molecular complexity index is 1780. The minimum atomic E-state index is -1.22. The first-order valence-corrected chi connectivity index (χ1v) is 16.6. The van der Waals surface area contributed by atoms with Gasteiger partial charge in [0.2, 0.25) is 0 Å². The zero-order valence-electron chi connectivity index (χ0n) is 27.2. The molecule has 3 aliphatic rings. The van der Waals surface area contributed by atoms with Crippen LogP contribution in [0.4, 0.5) is 4.39 Å². The highest BCUT2D eigenvalue weighted by atomic mass is 19.1. The third-order valence-corrected chi connectivity index (χ3v) is 9.41. The number of fused-ring (bicyclic) bond motifs is 2. The van der Waals surface area contributed by atoms with Gasteiger partial charge in [-0.2, -0.15) is 0 Å². The van der Waals surface area contributed by atoms with Crippen LogP contribution in [0.5, 0.6) is 5.75 Å². The normalized spacial score (nSPS) is 20.7. The van der Waals surface area contributed by atoms with Crippen LogP contribution in [0.3, 0.4) is 0 Å². The lowest BCUT2D eigenvalue weighted by atomic mass is 9.93. The highest BCUT2D eigenvalue weighted by molar-refractivity contribution is 6.00. The lowest BCUT2D eigenvalue weighted by Gasteiger charge is -2.35. The van der Waals surface area contributed by atoms with Gasteiger partial charge in [-0.3, -0.25) is 9.59 Å². The Morgan fingerprint density at radius 2 is 1.76 bits per heavy atom. The lowest BCUT2D eigenvalue weighted by Crippen LogP contribution is -2.45. The van der Waals surface area contributed by atoms with Crippen molar-refractivity contribution in [3.63, 3.8) is 0 Å². The van der Waals surface area contributed by atoms with E-state index < -0.39 is 11.8 Å². The maximum Gasteiger partial charge on any atom is 0.306 e. The molecule has 4 heterocycles. The number of hydrogen-bond acceptors (Lipinski definition) is 6. The summed E-state index contributed by atoms with van der Waals surface area (Å²) in [6, 6.07) is 14.3. The molecule has 10 heteroatoms. The molecular weight excluding hydrogens is 585 g/mol. The van der Waals surface area contributed by atoms with Crippen LogP contribution in [0, 0.1) is 17.8 Å². The number of hydrogen-bond donors (Lipinski definition) is 1. The summed E-state index contributed by atoms with van der Waals surface area (Å²) in [5.74, 6) is 1.57. The van der Waals surface area contributed by atoms with E-state index >= 15 is 0 Å². The Morgan fingerprint density at radius 3 is 2.46 bits per heavy atom. The number of aromatic nitrogens is 3. The van der Waals surface area contributed by atoms with Gasteiger partial charge in [0.15, 0.2) is 5.82 Å². The molecular formula is C36H44FN5O4. The fraction of sp³-hybridized carbons (Fsp3) is 0.528. The van der Waals surface area contributed by atoms with Crippen molar-refractivity contribution in [2.75, 3.05) is 33.3 Å². The summed E-state index contributed by atoms with van der Waals surface area (Å²) in [4.78, 5) is 33.2. The fourth-order valence-electron chi connectivity index (χ4n) is 7.02. The molecule has 0 spiro atoms. The van der Waals surface area contributed by atoms with Crippen molar-refractivity contribution < 1.29 is 23.5 Å². The number of alkyl halides is 1. The standard InChI is InChI=1S/C36H44FN5O4/c1-36(2,3)46-32(43)12-23-11-27(37)21-40(18-23)35(44)26-13-28-33(31(15-26)45-4)42(20-24-16-38-17-24)34(39-28)30-14-25-7-5-6-8-29(25)41(30)19-22-9-10-22/h5-8,13-15,22-24,27,38H,9-12,16-21H2,1-4H3/t23-,27+/m0/s1. The van der Waals surface area contributed by atoms with Crippen LogP contribution in [0.1, 0.15) is 56.8 Å². The van der Waals surface area contributed by atoms with E-state index in [1.165, 1.54) is 28.6 Å². The lowest BCUT2D eigenvalue weighted by molar-refractivity contribution is -0.156. The number of carbonyl (C=O) groups is 2. The smallest absolute Gasteiger partial charge is 0.306 e. The minimum absolute atomic E-state index is 0.0142. The van der Waals surface area contributed by atoms with Crippen molar-refractivity contribution in [3.05, 3.63) is 48.0 Å². The summed E-state index contributed by atoms with van der Waals surface area (Å²) in [6.07, 6.45) is 1.56. The summed E-state index contributed by atoms with van der Waals surface area (Å²) >= 11 is 0. The molecule has 1 amide bonds. The van der Waals surface area contributed by atoms with Gasteiger partial charge in [0.05, 0.1) is 31.3 Å². The number of benzene rings is 2. The molecule has 0 unspecified atom stereocenters. The topological polar surface area (TPSA) is 90.6 Å². The number of imidazole rings is 1. The summed E-state index contributed by atoms with van der Waals surface area (Å²) in [5.41, 5.74) is 3.57. The van der Waals surface area contributed by atoms with E-state index in [1.54, 1.807) is 13.2 Å². The number of nitrogens with one attached hydrogen (secondary N) is 1. The number of amides is 1. The summed E-state index contributed by atoms with van der Waals surface area (Å²) in [5, 5.41) is 4.56. The molecule has 2 atom stereocenters. The van der Waals surface area contributed by atoms with Gasteiger partial charge in [-0.1, -0.05) is 18.2 Å². The molecule has 3 fully saturated rings. The van der Waals surface area contributed by atoms with Crippen LogP contribution in [-0.4, -0.2) is 76.0 Å². The third kappa shape index (κ3) is 6.24. The van der Waals surface area contributed by atoms with Crippen LogP contribution in [-0.2, 0) is 22.6 Å². The quantitative estimate of drug-likeness (QED) is 0.235. The highest BCUT2D eigenvalue weighted by Crippen LogP contribution is 2.39. The first-order valence-electron chi connectivity index (χ1n) is 16.6. The molecule has 2 aliphatic heterocycles. The van der Waals surface area contributed by atoms with Gasteiger partial charge in [0, 0.05) is 55.1 Å². The van der Waals surface area contributed by atoms with Gasteiger partial charge in [-0.05, 0) is 76.1 Å². The zero-order chi connectivity index (χ0) is 32.2. The van der Waals surface area contributed by atoms with Crippen LogP contribution in [0.15, 0.2) is 42.5 Å². The molecule has 2 saturated heterocycles. The Hall–Kier alpha value is -3.92. The number of halogens is 1. The molecule has 0 bridgehead atoms. The summed E-state index contributed by atoms with van der Waals surface area (Å²) in [7, 11) is 1.62. The van der Waals surface area contributed by atoms with E-state index in [2.05, 4.69) is 44.8 Å². The predicted molar refractivity (Wildman–Crippen MR) is 176 cm³/mol. The number of ether oxygens (including phenoxy) is 2. The van der Waals surface area contributed by atoms with E-state index in [9.17, 15) is 14.0 Å². The first kappa shape index (κ1) is 30.7. The highest BCUT2D eigenvalue weighted by Gasteiger charge is 2.34. The average molecular weight is 630 g/mol. The van der Waals surface area contributed by atoms with E-state index in [0.29, 0.717) is 28.7 Å². The number of piperidine rings is 1. The van der Waals surface area contributed by atoms with Gasteiger partial charge in [-0.25, -0.2) is 9.37 Å². The SMILES string of the molecule is COc1cc(C(=O)N2C[C@H](F)C[C@@H](CC(=O)OC(C)(C)C)C2)cc2nc(-c3cc4ccccc4n3CC3CC3)n(CC3CNC3)c12. The van der Waals surface area contributed by atoms with Crippen LogP contribution in [0.25, 0.3) is 33.5 Å². The molecule has 1 aliphatic carbocycles.